The van der Waals surface area contributed by atoms with Crippen LogP contribution in [0.4, 0.5) is 5.13 Å². The third-order valence-electron chi connectivity index (χ3n) is 2.61. The lowest BCUT2D eigenvalue weighted by Crippen LogP contribution is -2.44. The Morgan fingerprint density at radius 3 is 2.80 bits per heavy atom. The molecule has 1 fully saturated rings. The standard InChI is InChI=1S/C10H17N3OS/c1-12-3-5-13(6-4-12)10-11-9(7-14-2)8-15-10/h8H,3-7H2,1-2H3. The smallest absolute Gasteiger partial charge is 0.185 e. The average molecular weight is 227 g/mol. The van der Waals surface area contributed by atoms with Gasteiger partial charge in [-0.1, -0.05) is 0 Å². The van der Waals surface area contributed by atoms with Crippen LogP contribution < -0.4 is 4.90 Å². The number of ether oxygens (including phenoxy) is 1. The maximum atomic E-state index is 5.06. The molecule has 0 saturated carbocycles. The molecular formula is C10H17N3OS. The zero-order valence-corrected chi connectivity index (χ0v) is 10.1. The summed E-state index contributed by atoms with van der Waals surface area (Å²) in [6, 6.07) is 0. The second kappa shape index (κ2) is 4.92. The van der Waals surface area contributed by atoms with Crippen molar-refractivity contribution < 1.29 is 4.74 Å². The van der Waals surface area contributed by atoms with Gasteiger partial charge in [0.2, 0.25) is 0 Å². The van der Waals surface area contributed by atoms with Crippen molar-refractivity contribution in [1.82, 2.24) is 9.88 Å². The van der Waals surface area contributed by atoms with E-state index in [1.54, 1.807) is 18.4 Å². The van der Waals surface area contributed by atoms with Crippen LogP contribution in [0.1, 0.15) is 5.69 Å². The van der Waals surface area contributed by atoms with Crippen molar-refractivity contribution in [2.24, 2.45) is 0 Å². The highest BCUT2D eigenvalue weighted by Crippen LogP contribution is 2.21. The van der Waals surface area contributed by atoms with E-state index in [2.05, 4.69) is 27.2 Å². The molecule has 2 rings (SSSR count). The first-order chi connectivity index (χ1) is 7.29. The van der Waals surface area contributed by atoms with Gasteiger partial charge in [-0.3, -0.25) is 0 Å². The molecule has 1 aliphatic heterocycles. The summed E-state index contributed by atoms with van der Waals surface area (Å²) in [5, 5.41) is 3.21. The van der Waals surface area contributed by atoms with E-state index >= 15 is 0 Å². The van der Waals surface area contributed by atoms with Gasteiger partial charge in [-0.05, 0) is 7.05 Å². The molecule has 0 N–H and O–H groups in total. The number of rotatable bonds is 3. The Bertz CT molecular complexity index is 307. The van der Waals surface area contributed by atoms with Gasteiger partial charge >= 0.3 is 0 Å². The third-order valence-corrected chi connectivity index (χ3v) is 3.56. The zero-order chi connectivity index (χ0) is 10.7. The Morgan fingerprint density at radius 2 is 2.13 bits per heavy atom. The number of piperazine rings is 1. The van der Waals surface area contributed by atoms with Crippen molar-refractivity contribution in [3.05, 3.63) is 11.1 Å². The number of hydrogen-bond acceptors (Lipinski definition) is 5. The van der Waals surface area contributed by atoms with E-state index in [-0.39, 0.29) is 0 Å². The zero-order valence-electron chi connectivity index (χ0n) is 9.27. The van der Waals surface area contributed by atoms with Crippen LogP contribution in [0.3, 0.4) is 0 Å². The van der Waals surface area contributed by atoms with Crippen molar-refractivity contribution in [2.45, 2.75) is 6.61 Å². The fraction of sp³-hybridized carbons (Fsp3) is 0.700. The van der Waals surface area contributed by atoms with Gasteiger partial charge in [0.25, 0.3) is 0 Å². The van der Waals surface area contributed by atoms with E-state index in [0.717, 1.165) is 37.0 Å². The number of nitrogens with zero attached hydrogens (tertiary/aromatic N) is 3. The molecule has 1 aliphatic rings. The molecule has 0 aromatic carbocycles. The highest BCUT2D eigenvalue weighted by Gasteiger charge is 2.16. The summed E-state index contributed by atoms with van der Waals surface area (Å²) < 4.78 is 5.06. The minimum atomic E-state index is 0.615. The summed E-state index contributed by atoms with van der Waals surface area (Å²) in [4.78, 5) is 9.25. The fourth-order valence-corrected chi connectivity index (χ4v) is 2.52. The Morgan fingerprint density at radius 1 is 1.40 bits per heavy atom. The van der Waals surface area contributed by atoms with Crippen LogP contribution in [0.25, 0.3) is 0 Å². The van der Waals surface area contributed by atoms with Crippen LogP contribution in [-0.2, 0) is 11.3 Å². The Kier molecular flexibility index (Phi) is 3.56. The van der Waals surface area contributed by atoms with Gasteiger partial charge in [0, 0.05) is 38.7 Å². The molecule has 0 atom stereocenters. The first-order valence-electron chi connectivity index (χ1n) is 5.16. The van der Waals surface area contributed by atoms with Gasteiger partial charge in [-0.15, -0.1) is 11.3 Å². The molecule has 1 saturated heterocycles. The quantitative estimate of drug-likeness (QED) is 0.771. The van der Waals surface area contributed by atoms with Crippen molar-refractivity contribution in [2.75, 3.05) is 45.2 Å². The highest BCUT2D eigenvalue weighted by molar-refractivity contribution is 7.13. The van der Waals surface area contributed by atoms with Crippen molar-refractivity contribution in [3.8, 4) is 0 Å². The molecule has 0 bridgehead atoms. The number of thiazole rings is 1. The second-order valence-electron chi connectivity index (χ2n) is 3.84. The molecule has 0 aliphatic carbocycles. The van der Waals surface area contributed by atoms with E-state index in [1.807, 2.05) is 0 Å². The average Bonchev–Trinajstić information content (AvgIpc) is 2.68. The monoisotopic (exact) mass is 227 g/mol. The van der Waals surface area contributed by atoms with E-state index in [9.17, 15) is 0 Å². The van der Waals surface area contributed by atoms with Crippen molar-refractivity contribution in [1.29, 1.82) is 0 Å². The van der Waals surface area contributed by atoms with Crippen LogP contribution in [0.5, 0.6) is 0 Å². The molecule has 84 valence electrons. The number of anilines is 1. The summed E-state index contributed by atoms with van der Waals surface area (Å²) in [6.45, 7) is 5.02. The van der Waals surface area contributed by atoms with Gasteiger partial charge in [0.05, 0.1) is 12.3 Å². The SMILES string of the molecule is COCc1csc(N2CCN(C)CC2)n1. The lowest BCUT2D eigenvalue weighted by molar-refractivity contribution is 0.182. The third kappa shape index (κ3) is 2.68. The van der Waals surface area contributed by atoms with E-state index in [1.165, 1.54) is 0 Å². The molecule has 1 aromatic heterocycles. The van der Waals surface area contributed by atoms with Crippen LogP contribution >= 0.6 is 11.3 Å². The van der Waals surface area contributed by atoms with E-state index < -0.39 is 0 Å². The topological polar surface area (TPSA) is 28.6 Å². The molecule has 4 nitrogen and oxygen atoms in total. The molecule has 0 spiro atoms. The molecule has 15 heavy (non-hydrogen) atoms. The molecular weight excluding hydrogens is 210 g/mol. The second-order valence-corrected chi connectivity index (χ2v) is 4.68. The van der Waals surface area contributed by atoms with Crippen LogP contribution in [0, 0.1) is 0 Å². The van der Waals surface area contributed by atoms with Crippen molar-refractivity contribution in [3.63, 3.8) is 0 Å². The summed E-state index contributed by atoms with van der Waals surface area (Å²) in [5.74, 6) is 0. The molecule has 5 heteroatoms. The minimum Gasteiger partial charge on any atom is -0.378 e. The van der Waals surface area contributed by atoms with Crippen molar-refractivity contribution >= 4 is 16.5 Å². The molecule has 1 aromatic rings. The van der Waals surface area contributed by atoms with Gasteiger partial charge in [-0.25, -0.2) is 4.98 Å². The summed E-state index contributed by atoms with van der Waals surface area (Å²) in [7, 11) is 3.87. The van der Waals surface area contributed by atoms with Crippen LogP contribution in [0.2, 0.25) is 0 Å². The van der Waals surface area contributed by atoms with Gasteiger partial charge in [0.15, 0.2) is 5.13 Å². The number of hydrogen-bond donors (Lipinski definition) is 0. The lowest BCUT2D eigenvalue weighted by Gasteiger charge is -2.32. The summed E-state index contributed by atoms with van der Waals surface area (Å²) >= 11 is 1.71. The lowest BCUT2D eigenvalue weighted by atomic mass is 10.3. The minimum absolute atomic E-state index is 0.615. The van der Waals surface area contributed by atoms with E-state index in [4.69, 9.17) is 4.74 Å². The van der Waals surface area contributed by atoms with Crippen LogP contribution in [0.15, 0.2) is 5.38 Å². The highest BCUT2D eigenvalue weighted by atomic mass is 32.1. The molecule has 2 heterocycles. The summed E-state index contributed by atoms with van der Waals surface area (Å²) in [6.07, 6.45) is 0. The first kappa shape index (κ1) is 10.9. The maximum Gasteiger partial charge on any atom is 0.185 e. The van der Waals surface area contributed by atoms with Gasteiger partial charge in [0.1, 0.15) is 0 Å². The van der Waals surface area contributed by atoms with Gasteiger partial charge < -0.3 is 14.5 Å². The maximum absolute atomic E-state index is 5.06. The Labute approximate surface area is 94.5 Å². The predicted molar refractivity (Wildman–Crippen MR) is 62.5 cm³/mol. The predicted octanol–water partition coefficient (Wildman–Crippen LogP) is 1.04. The first-order valence-corrected chi connectivity index (χ1v) is 6.04. The molecule has 0 radical (unpaired) electrons. The number of likely N-dealkylation sites (N-methyl/N-ethyl adjacent to an activating group) is 1. The van der Waals surface area contributed by atoms with E-state index in [0.29, 0.717) is 6.61 Å². The fourth-order valence-electron chi connectivity index (χ4n) is 1.65. The number of aromatic nitrogens is 1. The Balaban J connectivity index is 1.96. The normalized spacial score (nSPS) is 18.4. The largest absolute Gasteiger partial charge is 0.378 e. The summed E-state index contributed by atoms with van der Waals surface area (Å²) in [5.41, 5.74) is 1.04. The molecule has 0 amide bonds. The van der Waals surface area contributed by atoms with Crippen LogP contribution in [-0.4, -0.2) is 50.2 Å². The molecule has 0 unspecified atom stereocenters. The Hall–Kier alpha value is -0.650. The number of methoxy groups -OCH3 is 1. The van der Waals surface area contributed by atoms with Gasteiger partial charge in [-0.2, -0.15) is 0 Å².